The van der Waals surface area contributed by atoms with E-state index in [0.717, 1.165) is 17.7 Å². The van der Waals surface area contributed by atoms with E-state index in [0.29, 0.717) is 0 Å². The summed E-state index contributed by atoms with van der Waals surface area (Å²) >= 11 is 0. The molecule has 4 atom stereocenters. The van der Waals surface area contributed by atoms with Crippen LogP contribution in [-0.2, 0) is 31.8 Å². The van der Waals surface area contributed by atoms with Crippen LogP contribution in [-0.4, -0.2) is 30.1 Å². The number of halogens is 3. The van der Waals surface area contributed by atoms with Crippen molar-refractivity contribution in [3.05, 3.63) is 77.9 Å². The van der Waals surface area contributed by atoms with Gasteiger partial charge in [-0.2, -0.15) is 13.2 Å². The zero-order chi connectivity index (χ0) is 21.8. The summed E-state index contributed by atoms with van der Waals surface area (Å²) in [6.07, 6.45) is -1.63. The first kappa shape index (κ1) is 19.8. The first-order chi connectivity index (χ1) is 14.8. The van der Waals surface area contributed by atoms with Gasteiger partial charge in [0.1, 0.15) is 18.1 Å². The minimum Gasteiger partial charge on any atom is -0.460 e. The number of carbonyl (C=O) groups excluding carboxylic acids is 2. The number of alkyl halides is 3. The van der Waals surface area contributed by atoms with Crippen molar-refractivity contribution in [2.75, 3.05) is 11.4 Å². The van der Waals surface area contributed by atoms with E-state index >= 15 is 0 Å². The van der Waals surface area contributed by atoms with Crippen LogP contribution in [0.4, 0.5) is 18.9 Å². The molecule has 0 unspecified atom stereocenters. The zero-order valence-corrected chi connectivity index (χ0v) is 16.2. The number of hydrogen-bond acceptors (Lipinski definition) is 4. The number of esters is 1. The lowest BCUT2D eigenvalue weighted by atomic mass is 9.77. The Hall–Kier alpha value is -3.13. The van der Waals surface area contributed by atoms with Gasteiger partial charge in [-0.25, -0.2) is 0 Å². The van der Waals surface area contributed by atoms with Gasteiger partial charge in [-0.1, -0.05) is 48.6 Å². The number of hydrogen-bond donors (Lipinski definition) is 0. The molecule has 3 heterocycles. The Morgan fingerprint density at radius 3 is 2.68 bits per heavy atom. The molecule has 5 nitrogen and oxygen atoms in total. The van der Waals surface area contributed by atoms with Crippen molar-refractivity contribution in [2.45, 2.75) is 24.5 Å². The van der Waals surface area contributed by atoms with Gasteiger partial charge < -0.3 is 14.4 Å². The van der Waals surface area contributed by atoms with Crippen LogP contribution in [0.3, 0.4) is 0 Å². The van der Waals surface area contributed by atoms with Gasteiger partial charge in [-0.3, -0.25) is 9.59 Å². The van der Waals surface area contributed by atoms with E-state index in [-0.39, 0.29) is 18.8 Å². The highest BCUT2D eigenvalue weighted by Gasteiger charge is 2.67. The Morgan fingerprint density at radius 1 is 1.16 bits per heavy atom. The number of rotatable bonds is 4. The molecule has 0 saturated carbocycles. The fourth-order valence-corrected chi connectivity index (χ4v) is 4.66. The number of benzene rings is 2. The summed E-state index contributed by atoms with van der Waals surface area (Å²) in [5, 5.41) is 0. The molecular formula is C23H18F3NO4. The van der Waals surface area contributed by atoms with Gasteiger partial charge in [0.05, 0.1) is 24.1 Å². The Morgan fingerprint density at radius 2 is 1.94 bits per heavy atom. The molecule has 3 aliphatic rings. The Bertz CT molecular complexity index is 1070. The Kier molecular flexibility index (Phi) is 4.44. The lowest BCUT2D eigenvalue weighted by Crippen LogP contribution is -2.40. The van der Waals surface area contributed by atoms with E-state index in [9.17, 15) is 22.8 Å². The average Bonchev–Trinajstić information content (AvgIpc) is 3.40. The maximum atomic E-state index is 13.2. The van der Waals surface area contributed by atoms with Crippen LogP contribution in [0.5, 0.6) is 0 Å². The molecule has 1 amide bonds. The van der Waals surface area contributed by atoms with Gasteiger partial charge in [0.15, 0.2) is 0 Å². The standard InChI is InChI=1S/C23H18F3NO4/c24-23(25,26)15-7-4-8-16(11-15)27-13-22-10-9-17(31-22)18(19(22)20(27)28)21(29)30-12-14-5-2-1-3-6-14/h1-11,17-19H,12-13H2/t17-,18+,19-,22+/m0/s1. The molecule has 0 N–H and O–H groups in total. The molecule has 2 aromatic carbocycles. The lowest BCUT2D eigenvalue weighted by Gasteiger charge is -2.22. The summed E-state index contributed by atoms with van der Waals surface area (Å²) in [5.41, 5.74) is -0.937. The second kappa shape index (κ2) is 6.95. The normalized spacial score (nSPS) is 28.8. The fourth-order valence-electron chi connectivity index (χ4n) is 4.66. The van der Waals surface area contributed by atoms with Crippen molar-refractivity contribution < 1.29 is 32.2 Å². The largest absolute Gasteiger partial charge is 0.460 e. The maximum Gasteiger partial charge on any atom is 0.416 e. The number of fused-ring (bicyclic) bond motifs is 1. The number of ether oxygens (including phenoxy) is 2. The third-order valence-corrected chi connectivity index (χ3v) is 6.08. The highest BCUT2D eigenvalue weighted by molar-refractivity contribution is 6.02. The molecule has 0 aliphatic carbocycles. The summed E-state index contributed by atoms with van der Waals surface area (Å²) in [6.45, 7) is 0.116. The summed E-state index contributed by atoms with van der Waals surface area (Å²) in [4.78, 5) is 27.4. The first-order valence-corrected chi connectivity index (χ1v) is 9.85. The van der Waals surface area contributed by atoms with Crippen LogP contribution in [0.1, 0.15) is 11.1 Å². The van der Waals surface area contributed by atoms with Crippen molar-refractivity contribution in [3.63, 3.8) is 0 Å². The van der Waals surface area contributed by atoms with Gasteiger partial charge in [0.2, 0.25) is 5.91 Å². The predicted octanol–water partition coefficient (Wildman–Crippen LogP) is 3.74. The van der Waals surface area contributed by atoms with Crippen LogP contribution in [0.25, 0.3) is 0 Å². The molecule has 160 valence electrons. The quantitative estimate of drug-likeness (QED) is 0.549. The highest BCUT2D eigenvalue weighted by atomic mass is 19.4. The van der Waals surface area contributed by atoms with E-state index in [1.807, 2.05) is 30.3 Å². The van der Waals surface area contributed by atoms with Crippen LogP contribution in [0.2, 0.25) is 0 Å². The summed E-state index contributed by atoms with van der Waals surface area (Å²) in [6, 6.07) is 13.8. The number of amides is 1. The molecule has 8 heteroatoms. The van der Waals surface area contributed by atoms with Crippen molar-refractivity contribution in [3.8, 4) is 0 Å². The van der Waals surface area contributed by atoms with Crippen LogP contribution in [0, 0.1) is 11.8 Å². The minimum atomic E-state index is -4.52. The third kappa shape index (κ3) is 3.22. The predicted molar refractivity (Wildman–Crippen MR) is 104 cm³/mol. The topological polar surface area (TPSA) is 55.8 Å². The summed E-state index contributed by atoms with van der Waals surface area (Å²) in [5.74, 6) is -2.66. The molecule has 2 saturated heterocycles. The zero-order valence-electron chi connectivity index (χ0n) is 16.2. The van der Waals surface area contributed by atoms with Crippen LogP contribution >= 0.6 is 0 Å². The van der Waals surface area contributed by atoms with Crippen molar-refractivity contribution in [1.29, 1.82) is 0 Å². The van der Waals surface area contributed by atoms with Crippen LogP contribution < -0.4 is 4.90 Å². The third-order valence-electron chi connectivity index (χ3n) is 6.08. The SMILES string of the molecule is O=C(OCc1ccccc1)[C@@H]1[C@@H]2C=C[C@]3(CN(c4cccc(C(F)(F)F)c4)C(=O)[C@H]13)O2. The van der Waals surface area contributed by atoms with E-state index < -0.39 is 47.2 Å². The Balaban J connectivity index is 1.39. The molecule has 1 spiro atoms. The molecule has 2 aromatic rings. The van der Waals surface area contributed by atoms with Crippen molar-refractivity contribution in [2.24, 2.45) is 11.8 Å². The first-order valence-electron chi connectivity index (χ1n) is 9.85. The lowest BCUT2D eigenvalue weighted by molar-refractivity contribution is -0.153. The molecule has 31 heavy (non-hydrogen) atoms. The maximum absolute atomic E-state index is 13.2. The fraction of sp³-hybridized carbons (Fsp3) is 0.304. The van der Waals surface area contributed by atoms with E-state index in [1.165, 1.54) is 17.0 Å². The molecule has 0 radical (unpaired) electrons. The van der Waals surface area contributed by atoms with Gasteiger partial charge in [-0.15, -0.1) is 0 Å². The second-order valence-corrected chi connectivity index (χ2v) is 7.97. The van der Waals surface area contributed by atoms with Gasteiger partial charge in [-0.05, 0) is 23.8 Å². The van der Waals surface area contributed by atoms with E-state index in [2.05, 4.69) is 0 Å². The van der Waals surface area contributed by atoms with Gasteiger partial charge in [0, 0.05) is 5.69 Å². The van der Waals surface area contributed by atoms with Gasteiger partial charge >= 0.3 is 12.1 Å². The second-order valence-electron chi connectivity index (χ2n) is 7.97. The summed E-state index contributed by atoms with van der Waals surface area (Å²) in [7, 11) is 0. The van der Waals surface area contributed by atoms with Crippen molar-refractivity contribution >= 4 is 17.6 Å². The Labute approximate surface area is 176 Å². The molecule has 0 aromatic heterocycles. The number of nitrogens with zero attached hydrogens (tertiary/aromatic N) is 1. The monoisotopic (exact) mass is 429 g/mol. The minimum absolute atomic E-state index is 0.0489. The molecular weight excluding hydrogens is 411 g/mol. The van der Waals surface area contributed by atoms with E-state index in [4.69, 9.17) is 9.47 Å². The molecule has 2 fully saturated rings. The molecule has 3 aliphatic heterocycles. The summed E-state index contributed by atoms with van der Waals surface area (Å²) < 4.78 is 50.8. The van der Waals surface area contributed by atoms with E-state index in [1.54, 1.807) is 12.2 Å². The average molecular weight is 429 g/mol. The number of carbonyl (C=O) groups is 2. The number of anilines is 1. The smallest absolute Gasteiger partial charge is 0.416 e. The highest BCUT2D eigenvalue weighted by Crippen LogP contribution is 2.53. The van der Waals surface area contributed by atoms with Crippen molar-refractivity contribution in [1.82, 2.24) is 0 Å². The van der Waals surface area contributed by atoms with Gasteiger partial charge in [0.25, 0.3) is 0 Å². The molecule has 5 rings (SSSR count). The van der Waals surface area contributed by atoms with Crippen LogP contribution in [0.15, 0.2) is 66.7 Å². The molecule has 2 bridgehead atoms.